The fraction of sp³-hybridized carbons (Fsp3) is 0.120. The Balaban J connectivity index is 0.00000245. The van der Waals surface area contributed by atoms with Crippen LogP contribution in [-0.4, -0.2) is 16.9 Å². The second-order valence-corrected chi connectivity index (χ2v) is 7.41. The van der Waals surface area contributed by atoms with Gasteiger partial charge in [0.15, 0.2) is 6.61 Å². The lowest BCUT2D eigenvalue weighted by Gasteiger charge is -2.08. The fourth-order valence-corrected chi connectivity index (χ4v) is 3.71. The van der Waals surface area contributed by atoms with Gasteiger partial charge in [-0.1, -0.05) is 24.3 Å². The second kappa shape index (κ2) is 9.28. The molecule has 0 atom stereocenters. The van der Waals surface area contributed by atoms with E-state index in [1.165, 1.54) is 5.39 Å². The zero-order valence-corrected chi connectivity index (χ0v) is 19.1. The van der Waals surface area contributed by atoms with E-state index in [0.29, 0.717) is 24.3 Å². The number of rotatable bonds is 6. The Morgan fingerprint density at radius 2 is 1.72 bits per heavy atom. The molecule has 0 amide bonds. The molecule has 162 valence electrons. The monoisotopic (exact) mass is 491 g/mol. The number of fused-ring (bicyclic) bond motifs is 2. The highest BCUT2D eigenvalue weighted by Gasteiger charge is 2.09. The third-order valence-electron chi connectivity index (χ3n) is 5.35. The van der Waals surface area contributed by atoms with E-state index in [0.717, 1.165) is 28.0 Å². The highest BCUT2D eigenvalue weighted by Crippen LogP contribution is 2.20. The third-order valence-corrected chi connectivity index (χ3v) is 5.35. The largest absolute Gasteiger partial charge is 1.00 e. The molecule has 2 heterocycles. The summed E-state index contributed by atoms with van der Waals surface area (Å²) in [7, 11) is 1.59. The van der Waals surface area contributed by atoms with Crippen LogP contribution in [0.2, 0.25) is 0 Å². The number of aromatic amines is 2. The number of H-pyrrole nitrogens is 2. The molecule has 0 bridgehead atoms. The standard InChI is InChI=1S/C25H21N3O3.BrH/c1-30-21-12-13-24-22(14-21)25(29)27-28(24)15-17-6-10-20(11-7-17)31-16-19-9-8-18-4-2-3-5-23(18)26-19;/h2-14H,15-16H2,1H3,(H,27,29);1H. The van der Waals surface area contributed by atoms with Gasteiger partial charge in [0.25, 0.3) is 5.56 Å². The molecule has 0 saturated carbocycles. The molecule has 0 fully saturated rings. The summed E-state index contributed by atoms with van der Waals surface area (Å²) >= 11 is 0. The van der Waals surface area contributed by atoms with Gasteiger partial charge < -0.3 is 26.5 Å². The average Bonchev–Trinajstić information content (AvgIpc) is 3.12. The van der Waals surface area contributed by atoms with E-state index in [2.05, 4.69) is 28.3 Å². The predicted molar refractivity (Wildman–Crippen MR) is 119 cm³/mol. The minimum atomic E-state index is -0.125. The number of ether oxygens (including phenoxy) is 2. The van der Waals surface area contributed by atoms with Crippen molar-refractivity contribution in [2.45, 2.75) is 13.2 Å². The first-order valence-electron chi connectivity index (χ1n) is 10.1. The first-order valence-corrected chi connectivity index (χ1v) is 10.1. The summed E-state index contributed by atoms with van der Waals surface area (Å²) in [5, 5.41) is 4.69. The molecular formula is C25H22BrN3O3. The summed E-state index contributed by atoms with van der Waals surface area (Å²) in [5.41, 5.74) is 3.88. The van der Waals surface area contributed by atoms with Crippen molar-refractivity contribution in [3.63, 3.8) is 0 Å². The van der Waals surface area contributed by atoms with Gasteiger partial charge in [-0.15, -0.1) is 0 Å². The summed E-state index contributed by atoms with van der Waals surface area (Å²) in [4.78, 5) is 15.7. The Kier molecular flexibility index (Phi) is 6.28. The van der Waals surface area contributed by atoms with Gasteiger partial charge in [-0.05, 0) is 48.0 Å². The number of benzene rings is 3. The van der Waals surface area contributed by atoms with E-state index >= 15 is 0 Å². The summed E-state index contributed by atoms with van der Waals surface area (Å²) in [5.74, 6) is 1.46. The molecule has 32 heavy (non-hydrogen) atoms. The maximum Gasteiger partial charge on any atom is 0.272 e. The molecule has 0 unspecified atom stereocenters. The van der Waals surface area contributed by atoms with E-state index in [9.17, 15) is 4.79 Å². The van der Waals surface area contributed by atoms with E-state index in [-0.39, 0.29) is 22.5 Å². The fourth-order valence-electron chi connectivity index (χ4n) is 3.71. The van der Waals surface area contributed by atoms with Crippen LogP contribution in [0, 0.1) is 0 Å². The van der Waals surface area contributed by atoms with Crippen LogP contribution in [-0.2, 0) is 13.2 Å². The third kappa shape index (κ3) is 4.38. The van der Waals surface area contributed by atoms with Crippen molar-refractivity contribution >= 4 is 21.8 Å². The molecule has 0 spiro atoms. The first-order chi connectivity index (χ1) is 15.2. The normalized spacial score (nSPS) is 10.8. The van der Waals surface area contributed by atoms with Gasteiger partial charge >= 0.3 is 0 Å². The quantitative estimate of drug-likeness (QED) is 0.384. The van der Waals surface area contributed by atoms with Crippen molar-refractivity contribution < 1.29 is 31.4 Å². The van der Waals surface area contributed by atoms with E-state index in [1.54, 1.807) is 13.2 Å². The number of nitrogens with one attached hydrogen (secondary N) is 2. The van der Waals surface area contributed by atoms with Gasteiger partial charge in [-0.2, -0.15) is 0 Å². The van der Waals surface area contributed by atoms with Crippen LogP contribution in [0.25, 0.3) is 21.8 Å². The molecule has 2 aromatic heterocycles. The molecular weight excluding hydrogens is 470 g/mol. The van der Waals surface area contributed by atoms with Crippen LogP contribution in [0.15, 0.2) is 83.7 Å². The van der Waals surface area contributed by atoms with Crippen molar-refractivity contribution in [3.8, 4) is 11.5 Å². The smallest absolute Gasteiger partial charge is 0.272 e. The van der Waals surface area contributed by atoms with Crippen LogP contribution in [0.3, 0.4) is 0 Å². The molecule has 7 heteroatoms. The lowest BCUT2D eigenvalue weighted by Crippen LogP contribution is -3.00. The number of hydrogen-bond acceptors (Lipinski definition) is 3. The van der Waals surface area contributed by atoms with Crippen LogP contribution in [0.4, 0.5) is 0 Å². The molecule has 0 aliphatic rings. The lowest BCUT2D eigenvalue weighted by atomic mass is 10.2. The number of methoxy groups -OCH3 is 1. The molecule has 0 radical (unpaired) electrons. The lowest BCUT2D eigenvalue weighted by molar-refractivity contribution is -0.362. The predicted octanol–water partition coefficient (Wildman–Crippen LogP) is 0.937. The van der Waals surface area contributed by atoms with Gasteiger partial charge in [0.05, 0.1) is 24.6 Å². The number of halogens is 1. The van der Waals surface area contributed by atoms with Crippen molar-refractivity contribution in [3.05, 3.63) is 100 Å². The Labute approximate surface area is 195 Å². The second-order valence-electron chi connectivity index (χ2n) is 7.41. The Bertz CT molecular complexity index is 1420. The van der Waals surface area contributed by atoms with E-state index in [4.69, 9.17) is 9.47 Å². The minimum absolute atomic E-state index is 0. The number of aromatic nitrogens is 3. The Hall–Kier alpha value is -3.58. The van der Waals surface area contributed by atoms with Crippen LogP contribution in [0.1, 0.15) is 11.3 Å². The van der Waals surface area contributed by atoms with Crippen molar-refractivity contribution in [1.29, 1.82) is 0 Å². The molecule has 6 nitrogen and oxygen atoms in total. The molecule has 5 aromatic rings. The van der Waals surface area contributed by atoms with Gasteiger partial charge in [-0.3, -0.25) is 14.6 Å². The summed E-state index contributed by atoms with van der Waals surface area (Å²) in [6, 6.07) is 25.7. The average molecular weight is 492 g/mol. The first kappa shape index (κ1) is 21.6. The van der Waals surface area contributed by atoms with E-state index in [1.807, 2.05) is 59.3 Å². The maximum atomic E-state index is 12.3. The topological polar surface area (TPSA) is 70.4 Å². The van der Waals surface area contributed by atoms with E-state index < -0.39 is 0 Å². The van der Waals surface area contributed by atoms with Gasteiger partial charge in [0.1, 0.15) is 11.5 Å². The number of nitrogens with zero attached hydrogens (tertiary/aromatic N) is 1. The van der Waals surface area contributed by atoms with Crippen molar-refractivity contribution in [2.75, 3.05) is 7.11 Å². The minimum Gasteiger partial charge on any atom is -1.00 e. The Morgan fingerprint density at radius 1 is 0.938 bits per heavy atom. The summed E-state index contributed by atoms with van der Waals surface area (Å²) in [6.45, 7) is 1.02. The molecule has 5 rings (SSSR count). The number of pyridine rings is 1. The zero-order chi connectivity index (χ0) is 21.2. The van der Waals surface area contributed by atoms with Gasteiger partial charge in [-0.25, -0.2) is 4.98 Å². The molecule has 0 saturated heterocycles. The zero-order valence-electron chi connectivity index (χ0n) is 17.5. The molecule has 0 aliphatic carbocycles. The van der Waals surface area contributed by atoms with Crippen LogP contribution < -0.4 is 37.0 Å². The van der Waals surface area contributed by atoms with Crippen molar-refractivity contribution in [1.82, 2.24) is 9.78 Å². The summed E-state index contributed by atoms with van der Waals surface area (Å²) in [6.07, 6.45) is 0. The number of para-hydroxylation sites is 1. The maximum absolute atomic E-state index is 12.3. The van der Waals surface area contributed by atoms with Crippen molar-refractivity contribution in [2.24, 2.45) is 0 Å². The Morgan fingerprint density at radius 3 is 2.53 bits per heavy atom. The van der Waals surface area contributed by atoms with Gasteiger partial charge in [0, 0.05) is 17.5 Å². The molecule has 2 N–H and O–H groups in total. The van der Waals surface area contributed by atoms with Gasteiger partial charge in [0.2, 0.25) is 11.2 Å². The molecule has 3 aromatic carbocycles. The van der Waals surface area contributed by atoms with Crippen LogP contribution >= 0.6 is 0 Å². The summed E-state index contributed by atoms with van der Waals surface area (Å²) < 4.78 is 13.0. The highest BCUT2D eigenvalue weighted by atomic mass is 79.9. The SMILES string of the molecule is COc1ccc2c(c1)c(=O)[nH]n2Cc1ccc(OCc2ccc3ccccc3[nH+]2)cc1.[Br-]. The highest BCUT2D eigenvalue weighted by molar-refractivity contribution is 5.80. The van der Waals surface area contributed by atoms with Crippen LogP contribution in [0.5, 0.6) is 11.5 Å². The molecule has 0 aliphatic heterocycles. The number of hydrogen-bond donors (Lipinski definition) is 1.